The Morgan fingerprint density at radius 1 is 0.864 bits per heavy atom. The number of hydrogen-bond donors (Lipinski definition) is 2. The second-order valence-electron chi connectivity index (χ2n) is 16.9. The minimum Gasteiger partial charge on any atom is -0.508 e. The van der Waals surface area contributed by atoms with Gasteiger partial charge < -0.3 is 14.9 Å². The lowest BCUT2D eigenvalue weighted by Gasteiger charge is -2.72. The van der Waals surface area contributed by atoms with Crippen molar-refractivity contribution in [3.8, 4) is 5.75 Å². The molecule has 0 aromatic heterocycles. The second kappa shape index (κ2) is 10.5. The zero-order valence-corrected chi connectivity index (χ0v) is 27.8. The summed E-state index contributed by atoms with van der Waals surface area (Å²) in [6.07, 6.45) is 13.2. The van der Waals surface area contributed by atoms with Crippen LogP contribution in [0.25, 0.3) is 6.08 Å². The maximum Gasteiger partial charge on any atom is 0.331 e. The Kier molecular flexibility index (Phi) is 7.49. The molecule has 5 aliphatic rings. The quantitative estimate of drug-likeness (QED) is 0.200. The number of benzene rings is 1. The van der Waals surface area contributed by atoms with Gasteiger partial charge in [0.25, 0.3) is 0 Å². The van der Waals surface area contributed by atoms with Crippen LogP contribution in [-0.4, -0.2) is 28.3 Å². The zero-order chi connectivity index (χ0) is 31.9. The molecular weight excluding hydrogens is 548 g/mol. The number of phenolic OH excluding ortho intramolecular Hbond substituents is 1. The fourth-order valence-corrected chi connectivity index (χ4v) is 12.6. The summed E-state index contributed by atoms with van der Waals surface area (Å²) >= 11 is 0. The molecule has 5 aliphatic carbocycles. The highest BCUT2D eigenvalue weighted by Crippen LogP contribution is 2.77. The number of carboxylic acids is 1. The number of ether oxygens (including phenoxy) is 1. The van der Waals surface area contributed by atoms with E-state index < -0.39 is 11.4 Å². The smallest absolute Gasteiger partial charge is 0.331 e. The molecule has 5 saturated carbocycles. The van der Waals surface area contributed by atoms with E-state index in [4.69, 9.17) is 4.74 Å². The highest BCUT2D eigenvalue weighted by Gasteiger charge is 2.72. The molecule has 0 unspecified atom stereocenters. The summed E-state index contributed by atoms with van der Waals surface area (Å²) in [6.45, 7) is 18.8. The number of allylic oxidation sites excluding steroid dienone is 1. The van der Waals surface area contributed by atoms with E-state index in [1.165, 1.54) is 11.6 Å². The van der Waals surface area contributed by atoms with E-state index in [0.29, 0.717) is 23.7 Å². The summed E-state index contributed by atoms with van der Waals surface area (Å²) in [6, 6.07) is 6.79. The van der Waals surface area contributed by atoms with Gasteiger partial charge in [-0.05, 0) is 141 Å². The van der Waals surface area contributed by atoms with Crippen LogP contribution >= 0.6 is 0 Å². The maximum atomic E-state index is 13.0. The maximum absolute atomic E-state index is 13.0. The van der Waals surface area contributed by atoms with Crippen molar-refractivity contribution >= 4 is 18.0 Å². The van der Waals surface area contributed by atoms with Crippen molar-refractivity contribution < 1.29 is 24.5 Å². The largest absolute Gasteiger partial charge is 0.508 e. The number of aromatic hydroxyl groups is 1. The third-order valence-corrected chi connectivity index (χ3v) is 15.0. The molecule has 10 atom stereocenters. The number of aliphatic carboxylic acids is 1. The van der Waals surface area contributed by atoms with Crippen LogP contribution in [0.3, 0.4) is 0 Å². The lowest BCUT2D eigenvalue weighted by Crippen LogP contribution is -2.67. The van der Waals surface area contributed by atoms with Gasteiger partial charge in [0, 0.05) is 11.5 Å². The average molecular weight is 603 g/mol. The fourth-order valence-electron chi connectivity index (χ4n) is 12.6. The van der Waals surface area contributed by atoms with Crippen LogP contribution in [0, 0.1) is 56.7 Å². The summed E-state index contributed by atoms with van der Waals surface area (Å²) in [5.41, 5.74) is 1.71. The molecule has 0 saturated heterocycles. The first-order valence-electron chi connectivity index (χ1n) is 17.2. The third-order valence-electron chi connectivity index (χ3n) is 15.0. The molecule has 2 N–H and O–H groups in total. The predicted molar refractivity (Wildman–Crippen MR) is 174 cm³/mol. The molecule has 44 heavy (non-hydrogen) atoms. The molecule has 0 amide bonds. The summed E-state index contributed by atoms with van der Waals surface area (Å²) in [4.78, 5) is 25.9. The molecule has 0 heterocycles. The van der Waals surface area contributed by atoms with Gasteiger partial charge in [0.2, 0.25) is 0 Å². The average Bonchev–Trinajstić information content (AvgIpc) is 3.36. The Labute approximate surface area is 264 Å². The summed E-state index contributed by atoms with van der Waals surface area (Å²) in [5.74, 6) is 1.29. The Morgan fingerprint density at radius 2 is 1.57 bits per heavy atom. The van der Waals surface area contributed by atoms with Gasteiger partial charge in [-0.1, -0.05) is 58.9 Å². The van der Waals surface area contributed by atoms with Gasteiger partial charge in [-0.3, -0.25) is 4.79 Å². The van der Waals surface area contributed by atoms with Crippen molar-refractivity contribution in [1.29, 1.82) is 0 Å². The van der Waals surface area contributed by atoms with E-state index in [2.05, 4.69) is 48.1 Å². The van der Waals surface area contributed by atoms with E-state index in [9.17, 15) is 19.8 Å². The molecule has 0 spiro atoms. The first-order valence-corrected chi connectivity index (χ1v) is 17.2. The van der Waals surface area contributed by atoms with Crippen molar-refractivity contribution in [3.05, 3.63) is 48.1 Å². The van der Waals surface area contributed by atoms with E-state index >= 15 is 0 Å². The minimum absolute atomic E-state index is 0.109. The Balaban J connectivity index is 1.24. The predicted octanol–water partition coefficient (Wildman–Crippen LogP) is 9.06. The molecule has 0 radical (unpaired) electrons. The minimum atomic E-state index is -0.585. The van der Waals surface area contributed by atoms with Gasteiger partial charge in [0.15, 0.2) is 0 Å². The molecule has 6 rings (SSSR count). The Morgan fingerprint density at radius 3 is 2.23 bits per heavy atom. The summed E-state index contributed by atoms with van der Waals surface area (Å²) in [7, 11) is 0. The Bertz CT molecular complexity index is 1360. The normalized spacial score (nSPS) is 44.1. The van der Waals surface area contributed by atoms with Crippen LogP contribution in [0.2, 0.25) is 0 Å². The monoisotopic (exact) mass is 602 g/mol. The molecule has 0 bridgehead atoms. The van der Waals surface area contributed by atoms with E-state index in [-0.39, 0.29) is 45.4 Å². The van der Waals surface area contributed by atoms with Crippen LogP contribution in [0.5, 0.6) is 5.75 Å². The molecule has 0 aliphatic heterocycles. The summed E-state index contributed by atoms with van der Waals surface area (Å²) in [5, 5.41) is 20.2. The Hall–Kier alpha value is -2.56. The first-order chi connectivity index (χ1) is 20.6. The van der Waals surface area contributed by atoms with Crippen LogP contribution in [0.15, 0.2) is 42.5 Å². The second-order valence-corrected chi connectivity index (χ2v) is 16.9. The standard InChI is InChI=1S/C39H54O5/c1-24(2)27-16-21-39(34(42)43)23-22-37(6)28(33(27)39)13-14-30-36(5)19-18-31(35(3,4)29(36)17-20-38(30,37)7)44-32(41)15-10-25-8-11-26(40)12-9-25/h8-12,15,27-31,33,40H,1,13-14,16-23H2,2-7H3,(H,42,43)/t27-,28-,29-,30+,31-,33-,36-,37+,38+,39-/m0/s1. The zero-order valence-electron chi connectivity index (χ0n) is 27.8. The van der Waals surface area contributed by atoms with Gasteiger partial charge in [-0.15, -0.1) is 0 Å². The number of fused-ring (bicyclic) bond motifs is 7. The first kappa shape index (κ1) is 31.4. The van der Waals surface area contributed by atoms with Crippen LogP contribution in [-0.2, 0) is 14.3 Å². The van der Waals surface area contributed by atoms with Crippen molar-refractivity contribution in [2.45, 2.75) is 112 Å². The highest BCUT2D eigenvalue weighted by atomic mass is 16.5. The van der Waals surface area contributed by atoms with Crippen molar-refractivity contribution in [3.63, 3.8) is 0 Å². The van der Waals surface area contributed by atoms with Gasteiger partial charge in [0.1, 0.15) is 11.9 Å². The molecule has 5 heteroatoms. The van der Waals surface area contributed by atoms with Gasteiger partial charge in [-0.25, -0.2) is 4.79 Å². The number of phenols is 1. The molecular formula is C39H54O5. The SMILES string of the molecule is C=C(C)[C@@H]1CC[C@]2(C(=O)O)CC[C@]3(C)[C@@H](CC[C@@H]4[C@@]5(C)CC[C@H](OC(=O)C=Cc6ccc(O)cc6)C(C)(C)[C@@H]5CC[C@]43C)[C@H]12. The molecule has 1 aromatic carbocycles. The number of carboxylic acid groups (broad SMARTS) is 1. The van der Waals surface area contributed by atoms with Crippen LogP contribution < -0.4 is 0 Å². The van der Waals surface area contributed by atoms with Crippen molar-refractivity contribution in [2.24, 2.45) is 56.7 Å². The number of carbonyl (C=O) groups is 2. The lowest BCUT2D eigenvalue weighted by atomic mass is 9.32. The number of esters is 1. The number of rotatable bonds is 5. The van der Waals surface area contributed by atoms with E-state index in [0.717, 1.165) is 69.8 Å². The van der Waals surface area contributed by atoms with Crippen LogP contribution in [0.1, 0.15) is 111 Å². The van der Waals surface area contributed by atoms with Gasteiger partial charge >= 0.3 is 11.9 Å². The number of carbonyl (C=O) groups excluding carboxylic acids is 1. The van der Waals surface area contributed by atoms with Crippen molar-refractivity contribution in [2.75, 3.05) is 0 Å². The molecule has 5 fully saturated rings. The van der Waals surface area contributed by atoms with Crippen molar-refractivity contribution in [1.82, 2.24) is 0 Å². The van der Waals surface area contributed by atoms with Gasteiger partial charge in [-0.2, -0.15) is 0 Å². The van der Waals surface area contributed by atoms with Gasteiger partial charge in [0.05, 0.1) is 5.41 Å². The van der Waals surface area contributed by atoms with Crippen LogP contribution in [0.4, 0.5) is 0 Å². The third kappa shape index (κ3) is 4.37. The highest BCUT2D eigenvalue weighted by molar-refractivity contribution is 5.87. The molecule has 1 aromatic rings. The van der Waals surface area contributed by atoms with E-state index in [1.807, 2.05) is 0 Å². The number of hydrogen-bond acceptors (Lipinski definition) is 4. The lowest BCUT2D eigenvalue weighted by molar-refractivity contribution is -0.250. The topological polar surface area (TPSA) is 83.8 Å². The summed E-state index contributed by atoms with van der Waals surface area (Å²) < 4.78 is 6.19. The molecule has 5 nitrogen and oxygen atoms in total. The molecule has 240 valence electrons. The fraction of sp³-hybridized carbons (Fsp3) is 0.692. The van der Waals surface area contributed by atoms with E-state index in [1.54, 1.807) is 30.3 Å².